The SMILES string of the molecule is CNC(=O)CCN(C)C(CO)C(C)(C)C. The van der Waals surface area contributed by atoms with Crippen LogP contribution in [0.5, 0.6) is 0 Å². The van der Waals surface area contributed by atoms with Crippen molar-refractivity contribution in [2.24, 2.45) is 5.41 Å². The van der Waals surface area contributed by atoms with Crippen LogP contribution in [-0.2, 0) is 4.79 Å². The highest BCUT2D eigenvalue weighted by molar-refractivity contribution is 5.75. The topological polar surface area (TPSA) is 52.6 Å². The fraction of sp³-hybridized carbons (Fsp3) is 0.909. The van der Waals surface area contributed by atoms with Crippen molar-refractivity contribution in [1.29, 1.82) is 0 Å². The Labute approximate surface area is 92.7 Å². The number of carbonyl (C=O) groups is 1. The minimum Gasteiger partial charge on any atom is -0.395 e. The molecule has 1 unspecified atom stereocenters. The molecule has 1 amide bonds. The second kappa shape index (κ2) is 6.08. The van der Waals surface area contributed by atoms with Gasteiger partial charge >= 0.3 is 0 Å². The molecule has 0 aromatic rings. The molecule has 2 N–H and O–H groups in total. The molecular formula is C11H24N2O2. The fourth-order valence-corrected chi connectivity index (χ4v) is 1.63. The van der Waals surface area contributed by atoms with Gasteiger partial charge in [0.05, 0.1) is 6.61 Å². The lowest BCUT2D eigenvalue weighted by Gasteiger charge is -2.36. The number of nitrogens with one attached hydrogen (secondary N) is 1. The molecule has 0 saturated carbocycles. The van der Waals surface area contributed by atoms with E-state index in [4.69, 9.17) is 0 Å². The Balaban J connectivity index is 4.17. The highest BCUT2D eigenvalue weighted by Gasteiger charge is 2.27. The first-order chi connectivity index (χ1) is 6.82. The second-order valence-electron chi connectivity index (χ2n) is 4.97. The fourth-order valence-electron chi connectivity index (χ4n) is 1.63. The first kappa shape index (κ1) is 14.4. The van der Waals surface area contributed by atoms with Gasteiger partial charge in [-0.15, -0.1) is 0 Å². The summed E-state index contributed by atoms with van der Waals surface area (Å²) in [7, 11) is 3.57. The van der Waals surface area contributed by atoms with Crippen LogP contribution >= 0.6 is 0 Å². The van der Waals surface area contributed by atoms with Gasteiger partial charge in [-0.2, -0.15) is 0 Å². The Hall–Kier alpha value is -0.610. The van der Waals surface area contributed by atoms with Crippen molar-refractivity contribution >= 4 is 5.91 Å². The van der Waals surface area contributed by atoms with Crippen molar-refractivity contribution < 1.29 is 9.90 Å². The van der Waals surface area contributed by atoms with Gasteiger partial charge in [0.1, 0.15) is 0 Å². The average Bonchev–Trinajstić information content (AvgIpc) is 2.12. The first-order valence-electron chi connectivity index (χ1n) is 5.34. The zero-order chi connectivity index (χ0) is 12.1. The van der Waals surface area contributed by atoms with E-state index in [-0.39, 0.29) is 24.0 Å². The van der Waals surface area contributed by atoms with Crippen molar-refractivity contribution in [2.75, 3.05) is 27.2 Å². The molecule has 0 saturated heterocycles. The molecule has 0 aliphatic carbocycles. The molecule has 0 spiro atoms. The summed E-state index contributed by atoms with van der Waals surface area (Å²) in [4.78, 5) is 13.1. The van der Waals surface area contributed by atoms with Crippen LogP contribution in [-0.4, -0.2) is 49.2 Å². The van der Waals surface area contributed by atoms with Gasteiger partial charge in [0, 0.05) is 26.1 Å². The minimum atomic E-state index is 0.0200. The van der Waals surface area contributed by atoms with Crippen LogP contribution in [0.15, 0.2) is 0 Å². The summed E-state index contributed by atoms with van der Waals surface area (Å²) < 4.78 is 0. The monoisotopic (exact) mass is 216 g/mol. The maximum absolute atomic E-state index is 11.1. The summed E-state index contributed by atoms with van der Waals surface area (Å²) in [6.07, 6.45) is 0.472. The predicted octanol–water partition coefficient (Wildman–Crippen LogP) is 0.461. The summed E-state index contributed by atoms with van der Waals surface area (Å²) in [5.41, 5.74) is 0.0200. The van der Waals surface area contributed by atoms with Crippen LogP contribution in [0.3, 0.4) is 0 Å². The van der Waals surface area contributed by atoms with E-state index >= 15 is 0 Å². The van der Waals surface area contributed by atoms with Gasteiger partial charge in [-0.05, 0) is 12.5 Å². The Kier molecular flexibility index (Phi) is 5.83. The van der Waals surface area contributed by atoms with Crippen molar-refractivity contribution in [3.8, 4) is 0 Å². The van der Waals surface area contributed by atoms with Gasteiger partial charge in [0.25, 0.3) is 0 Å². The van der Waals surface area contributed by atoms with E-state index in [9.17, 15) is 9.90 Å². The second-order valence-corrected chi connectivity index (χ2v) is 4.97. The maximum Gasteiger partial charge on any atom is 0.221 e. The summed E-state index contributed by atoms with van der Waals surface area (Å²) in [6.45, 7) is 7.05. The van der Waals surface area contributed by atoms with Gasteiger partial charge in [0.2, 0.25) is 5.91 Å². The largest absolute Gasteiger partial charge is 0.395 e. The number of hydrogen-bond acceptors (Lipinski definition) is 3. The Morgan fingerprint density at radius 1 is 1.47 bits per heavy atom. The van der Waals surface area contributed by atoms with Crippen molar-refractivity contribution in [2.45, 2.75) is 33.2 Å². The molecular weight excluding hydrogens is 192 g/mol. The van der Waals surface area contributed by atoms with E-state index in [1.807, 2.05) is 11.9 Å². The number of carbonyl (C=O) groups excluding carboxylic acids is 1. The molecule has 4 heteroatoms. The molecule has 0 aliphatic rings. The van der Waals surface area contributed by atoms with E-state index < -0.39 is 0 Å². The van der Waals surface area contributed by atoms with Crippen LogP contribution in [0.1, 0.15) is 27.2 Å². The van der Waals surface area contributed by atoms with Crippen LogP contribution in [0, 0.1) is 5.41 Å². The number of likely N-dealkylation sites (N-methyl/N-ethyl adjacent to an activating group) is 1. The highest BCUT2D eigenvalue weighted by Crippen LogP contribution is 2.23. The molecule has 0 bridgehead atoms. The standard InChI is InChI=1S/C11H24N2O2/c1-11(2,3)9(8-14)13(5)7-6-10(15)12-4/h9,14H,6-8H2,1-5H3,(H,12,15). The third kappa shape index (κ3) is 5.14. The zero-order valence-electron chi connectivity index (χ0n) is 10.5. The van der Waals surface area contributed by atoms with Gasteiger partial charge in [0.15, 0.2) is 0 Å². The predicted molar refractivity (Wildman–Crippen MR) is 61.6 cm³/mol. The number of nitrogens with zero attached hydrogens (tertiary/aromatic N) is 1. The van der Waals surface area contributed by atoms with E-state index in [1.165, 1.54) is 0 Å². The van der Waals surface area contributed by atoms with Gasteiger partial charge in [-0.1, -0.05) is 20.8 Å². The lowest BCUT2D eigenvalue weighted by molar-refractivity contribution is -0.121. The van der Waals surface area contributed by atoms with E-state index in [0.717, 1.165) is 0 Å². The maximum atomic E-state index is 11.1. The molecule has 0 radical (unpaired) electrons. The minimum absolute atomic E-state index is 0.0200. The van der Waals surface area contributed by atoms with Crippen LogP contribution in [0.25, 0.3) is 0 Å². The molecule has 4 nitrogen and oxygen atoms in total. The number of amides is 1. The Bertz CT molecular complexity index is 199. The molecule has 0 aromatic heterocycles. The number of aliphatic hydroxyl groups excluding tert-OH is 1. The molecule has 0 aromatic carbocycles. The third-order valence-corrected chi connectivity index (χ3v) is 2.68. The first-order valence-corrected chi connectivity index (χ1v) is 5.34. The third-order valence-electron chi connectivity index (χ3n) is 2.68. The lowest BCUT2D eigenvalue weighted by Crippen LogP contribution is -2.45. The molecule has 90 valence electrons. The van der Waals surface area contributed by atoms with Crippen molar-refractivity contribution in [1.82, 2.24) is 10.2 Å². The normalized spacial score (nSPS) is 14.1. The molecule has 0 fully saturated rings. The van der Waals surface area contributed by atoms with Crippen LogP contribution in [0.4, 0.5) is 0 Å². The number of rotatable bonds is 5. The molecule has 0 rings (SSSR count). The van der Waals surface area contributed by atoms with Crippen LogP contribution < -0.4 is 5.32 Å². The van der Waals surface area contributed by atoms with E-state index in [2.05, 4.69) is 26.1 Å². The van der Waals surface area contributed by atoms with E-state index in [1.54, 1.807) is 7.05 Å². The molecule has 0 aliphatic heterocycles. The van der Waals surface area contributed by atoms with Gasteiger partial charge in [-0.3, -0.25) is 4.79 Å². The van der Waals surface area contributed by atoms with E-state index in [0.29, 0.717) is 13.0 Å². The highest BCUT2D eigenvalue weighted by atomic mass is 16.3. The zero-order valence-corrected chi connectivity index (χ0v) is 10.5. The van der Waals surface area contributed by atoms with Gasteiger partial charge in [-0.25, -0.2) is 0 Å². The van der Waals surface area contributed by atoms with Crippen molar-refractivity contribution in [3.63, 3.8) is 0 Å². The summed E-state index contributed by atoms with van der Waals surface area (Å²) >= 11 is 0. The van der Waals surface area contributed by atoms with Crippen molar-refractivity contribution in [3.05, 3.63) is 0 Å². The Morgan fingerprint density at radius 2 is 2.00 bits per heavy atom. The average molecular weight is 216 g/mol. The van der Waals surface area contributed by atoms with Gasteiger partial charge < -0.3 is 15.3 Å². The lowest BCUT2D eigenvalue weighted by atomic mass is 9.86. The molecule has 1 atom stereocenters. The summed E-state index contributed by atoms with van der Waals surface area (Å²) in [5.74, 6) is 0.0347. The molecule has 15 heavy (non-hydrogen) atoms. The summed E-state index contributed by atoms with van der Waals surface area (Å²) in [6, 6.07) is 0.0853. The smallest absolute Gasteiger partial charge is 0.221 e. The molecule has 0 heterocycles. The number of aliphatic hydroxyl groups is 1. The Morgan fingerprint density at radius 3 is 2.33 bits per heavy atom. The number of hydrogen-bond donors (Lipinski definition) is 2. The summed E-state index contributed by atoms with van der Waals surface area (Å²) in [5, 5.41) is 11.9. The van der Waals surface area contributed by atoms with Crippen LogP contribution in [0.2, 0.25) is 0 Å². The quantitative estimate of drug-likeness (QED) is 0.702.